The van der Waals surface area contributed by atoms with Gasteiger partial charge in [-0.1, -0.05) is 66.7 Å². The standard InChI is InChI=1S/C30H25NO3/c32-30(33)15-9-21-8-14-29(27(18-21)25-12-13-28-26(19-25)16-17-31-28)34-20-22-6-10-24(11-7-22)23-4-2-1-3-5-23/h1-8,10-14,16-19,31H,9,15,20H2,(H,32,33). The first-order chi connectivity index (χ1) is 16.7. The van der Waals surface area contributed by atoms with Gasteiger partial charge in [-0.05, 0) is 70.0 Å². The van der Waals surface area contributed by atoms with Crippen LogP contribution >= 0.6 is 0 Å². The monoisotopic (exact) mass is 447 g/mol. The summed E-state index contributed by atoms with van der Waals surface area (Å²) in [6.45, 7) is 0.447. The Morgan fingerprint density at radius 2 is 1.50 bits per heavy atom. The minimum absolute atomic E-state index is 0.101. The molecule has 0 atom stereocenters. The van der Waals surface area contributed by atoms with Crippen LogP contribution < -0.4 is 4.74 Å². The number of aryl methyl sites for hydroxylation is 1. The van der Waals surface area contributed by atoms with Crippen molar-refractivity contribution in [1.82, 2.24) is 4.98 Å². The lowest BCUT2D eigenvalue weighted by atomic mass is 9.98. The van der Waals surface area contributed by atoms with E-state index in [9.17, 15) is 4.79 Å². The average molecular weight is 448 g/mol. The molecule has 4 aromatic carbocycles. The van der Waals surface area contributed by atoms with Crippen molar-refractivity contribution < 1.29 is 14.6 Å². The first-order valence-electron chi connectivity index (χ1n) is 11.3. The van der Waals surface area contributed by atoms with Crippen LogP contribution in [0.4, 0.5) is 0 Å². The molecular formula is C30H25NO3. The largest absolute Gasteiger partial charge is 0.488 e. The predicted molar refractivity (Wildman–Crippen MR) is 136 cm³/mol. The van der Waals surface area contributed by atoms with E-state index >= 15 is 0 Å². The lowest BCUT2D eigenvalue weighted by Crippen LogP contribution is -2.00. The highest BCUT2D eigenvalue weighted by Gasteiger charge is 2.11. The van der Waals surface area contributed by atoms with Crippen LogP contribution in [0.1, 0.15) is 17.5 Å². The summed E-state index contributed by atoms with van der Waals surface area (Å²) >= 11 is 0. The second-order valence-corrected chi connectivity index (χ2v) is 8.36. The topological polar surface area (TPSA) is 62.3 Å². The number of aromatic nitrogens is 1. The van der Waals surface area contributed by atoms with Gasteiger partial charge in [0.05, 0.1) is 0 Å². The number of H-pyrrole nitrogens is 1. The summed E-state index contributed by atoms with van der Waals surface area (Å²) in [4.78, 5) is 14.3. The molecule has 0 radical (unpaired) electrons. The van der Waals surface area contributed by atoms with E-state index in [4.69, 9.17) is 9.84 Å². The number of benzene rings is 4. The molecule has 0 aliphatic carbocycles. The van der Waals surface area contributed by atoms with Crippen molar-refractivity contribution in [2.75, 3.05) is 0 Å². The average Bonchev–Trinajstić information content (AvgIpc) is 3.35. The van der Waals surface area contributed by atoms with Crippen LogP contribution in [-0.4, -0.2) is 16.1 Å². The smallest absolute Gasteiger partial charge is 0.303 e. The Labute approximate surface area is 198 Å². The number of hydrogen-bond acceptors (Lipinski definition) is 2. The number of carboxylic acid groups (broad SMARTS) is 1. The fraction of sp³-hybridized carbons (Fsp3) is 0.100. The summed E-state index contributed by atoms with van der Waals surface area (Å²) in [6, 6.07) is 33.0. The van der Waals surface area contributed by atoms with Gasteiger partial charge in [-0.2, -0.15) is 0 Å². The highest BCUT2D eigenvalue weighted by atomic mass is 16.5. The van der Waals surface area contributed by atoms with Crippen LogP contribution in [-0.2, 0) is 17.8 Å². The van der Waals surface area contributed by atoms with Gasteiger partial charge in [0, 0.05) is 23.7 Å². The molecule has 0 unspecified atom stereocenters. The molecule has 1 heterocycles. The van der Waals surface area contributed by atoms with E-state index in [1.807, 2.05) is 48.7 Å². The van der Waals surface area contributed by atoms with E-state index in [0.29, 0.717) is 13.0 Å². The molecule has 0 amide bonds. The van der Waals surface area contributed by atoms with Gasteiger partial charge in [-0.15, -0.1) is 0 Å². The van der Waals surface area contributed by atoms with Crippen LogP contribution in [0.5, 0.6) is 5.75 Å². The molecule has 0 spiro atoms. The lowest BCUT2D eigenvalue weighted by molar-refractivity contribution is -0.136. The molecule has 5 rings (SSSR count). The Balaban J connectivity index is 1.40. The third-order valence-electron chi connectivity index (χ3n) is 5.99. The molecule has 0 fully saturated rings. The van der Waals surface area contributed by atoms with Crippen molar-refractivity contribution >= 4 is 16.9 Å². The first kappa shape index (κ1) is 21.5. The van der Waals surface area contributed by atoms with Crippen LogP contribution in [0.15, 0.2) is 103 Å². The summed E-state index contributed by atoms with van der Waals surface area (Å²) in [7, 11) is 0. The minimum atomic E-state index is -0.797. The summed E-state index contributed by atoms with van der Waals surface area (Å²) in [6.07, 6.45) is 2.51. The number of nitrogens with one attached hydrogen (secondary N) is 1. The Bertz CT molecular complexity index is 1420. The third-order valence-corrected chi connectivity index (χ3v) is 5.99. The summed E-state index contributed by atoms with van der Waals surface area (Å²) in [5.74, 6) is -0.0179. The molecule has 34 heavy (non-hydrogen) atoms. The highest BCUT2D eigenvalue weighted by molar-refractivity contribution is 5.86. The molecule has 1 aromatic heterocycles. The van der Waals surface area contributed by atoms with Crippen molar-refractivity contribution in [2.45, 2.75) is 19.4 Å². The molecule has 5 aromatic rings. The number of aromatic amines is 1. The van der Waals surface area contributed by atoms with Crippen LogP contribution in [0.25, 0.3) is 33.2 Å². The molecule has 0 bridgehead atoms. The maximum atomic E-state index is 11.1. The van der Waals surface area contributed by atoms with Gasteiger partial charge in [0.1, 0.15) is 12.4 Å². The Kier molecular flexibility index (Phi) is 6.13. The molecular weight excluding hydrogens is 422 g/mol. The molecule has 2 N–H and O–H groups in total. The fourth-order valence-corrected chi connectivity index (χ4v) is 4.14. The Morgan fingerprint density at radius 1 is 0.765 bits per heavy atom. The quantitative estimate of drug-likeness (QED) is 0.267. The minimum Gasteiger partial charge on any atom is -0.488 e. The van der Waals surface area contributed by atoms with Crippen LogP contribution in [0.3, 0.4) is 0 Å². The van der Waals surface area contributed by atoms with Crippen molar-refractivity contribution in [1.29, 1.82) is 0 Å². The Hall–Kier alpha value is -4.31. The zero-order valence-electron chi connectivity index (χ0n) is 18.7. The molecule has 168 valence electrons. The molecule has 0 saturated heterocycles. The van der Waals surface area contributed by atoms with E-state index < -0.39 is 5.97 Å². The first-order valence-corrected chi connectivity index (χ1v) is 11.3. The van der Waals surface area contributed by atoms with Gasteiger partial charge < -0.3 is 14.8 Å². The second kappa shape index (κ2) is 9.67. The maximum Gasteiger partial charge on any atom is 0.303 e. The molecule has 0 aliphatic heterocycles. The van der Waals surface area contributed by atoms with Crippen molar-refractivity contribution in [2.24, 2.45) is 0 Å². The molecule has 0 saturated carbocycles. The van der Waals surface area contributed by atoms with Gasteiger partial charge in [-0.25, -0.2) is 0 Å². The van der Waals surface area contributed by atoms with Crippen LogP contribution in [0.2, 0.25) is 0 Å². The number of ether oxygens (including phenoxy) is 1. The summed E-state index contributed by atoms with van der Waals surface area (Å²) in [5, 5.41) is 10.2. The number of fused-ring (bicyclic) bond motifs is 1. The Morgan fingerprint density at radius 3 is 2.29 bits per heavy atom. The SMILES string of the molecule is O=C(O)CCc1ccc(OCc2ccc(-c3ccccc3)cc2)c(-c2ccc3[nH]ccc3c2)c1. The third kappa shape index (κ3) is 4.86. The number of rotatable bonds is 8. The molecule has 4 nitrogen and oxygen atoms in total. The lowest BCUT2D eigenvalue weighted by Gasteiger charge is -2.14. The van der Waals surface area contributed by atoms with Gasteiger partial charge >= 0.3 is 5.97 Å². The van der Waals surface area contributed by atoms with Crippen molar-refractivity contribution in [3.63, 3.8) is 0 Å². The molecule has 0 aliphatic rings. The fourth-order valence-electron chi connectivity index (χ4n) is 4.14. The van der Waals surface area contributed by atoms with Gasteiger partial charge in [0.25, 0.3) is 0 Å². The highest BCUT2D eigenvalue weighted by Crippen LogP contribution is 2.34. The van der Waals surface area contributed by atoms with E-state index in [0.717, 1.165) is 38.9 Å². The van der Waals surface area contributed by atoms with E-state index in [1.54, 1.807) is 0 Å². The number of carboxylic acids is 1. The number of hydrogen-bond donors (Lipinski definition) is 2. The second-order valence-electron chi connectivity index (χ2n) is 8.36. The predicted octanol–water partition coefficient (Wildman–Crippen LogP) is 7.10. The summed E-state index contributed by atoms with van der Waals surface area (Å²) < 4.78 is 6.27. The van der Waals surface area contributed by atoms with Gasteiger partial charge in [0.15, 0.2) is 0 Å². The van der Waals surface area contributed by atoms with Gasteiger partial charge in [-0.3, -0.25) is 4.79 Å². The zero-order chi connectivity index (χ0) is 23.3. The normalized spacial score (nSPS) is 10.9. The molecule has 4 heteroatoms. The zero-order valence-corrected chi connectivity index (χ0v) is 18.7. The van der Waals surface area contributed by atoms with E-state index in [2.05, 4.69) is 59.6 Å². The van der Waals surface area contributed by atoms with E-state index in [-0.39, 0.29) is 6.42 Å². The summed E-state index contributed by atoms with van der Waals surface area (Å²) in [5.41, 5.74) is 7.51. The number of carbonyl (C=O) groups is 1. The maximum absolute atomic E-state index is 11.1. The van der Waals surface area contributed by atoms with Crippen molar-refractivity contribution in [3.05, 3.63) is 114 Å². The van der Waals surface area contributed by atoms with Crippen LogP contribution in [0, 0.1) is 0 Å². The number of aliphatic carboxylic acids is 1. The van der Waals surface area contributed by atoms with E-state index in [1.165, 1.54) is 11.1 Å². The van der Waals surface area contributed by atoms with Gasteiger partial charge in [0.2, 0.25) is 0 Å². The van der Waals surface area contributed by atoms with Crippen molar-refractivity contribution in [3.8, 4) is 28.0 Å².